The van der Waals surface area contributed by atoms with Crippen LogP contribution in [0, 0.1) is 0 Å². The highest BCUT2D eigenvalue weighted by molar-refractivity contribution is 5.86. The molecule has 1 aliphatic heterocycles. The molecule has 1 aliphatic rings. The second kappa shape index (κ2) is 6.05. The van der Waals surface area contributed by atoms with Crippen LogP contribution in [0.1, 0.15) is 41.9 Å². The lowest BCUT2D eigenvalue weighted by Crippen LogP contribution is -2.22. The summed E-state index contributed by atoms with van der Waals surface area (Å²) in [5.41, 5.74) is -1.26. The largest absolute Gasteiger partial charge is 0.476 e. The Bertz CT molecular complexity index is 444. The number of aryl methyl sites for hydroxylation is 1. The van der Waals surface area contributed by atoms with Gasteiger partial charge in [0, 0.05) is 6.54 Å². The van der Waals surface area contributed by atoms with Gasteiger partial charge in [-0.3, -0.25) is 0 Å². The van der Waals surface area contributed by atoms with Crippen LogP contribution < -0.4 is 0 Å². The number of alkyl halides is 2. The van der Waals surface area contributed by atoms with Crippen LogP contribution in [0.25, 0.3) is 0 Å². The van der Waals surface area contributed by atoms with Crippen LogP contribution in [0.2, 0.25) is 0 Å². The fourth-order valence-corrected chi connectivity index (χ4v) is 2.30. The van der Waals surface area contributed by atoms with Gasteiger partial charge in [-0.15, -0.1) is 5.10 Å². The second-order valence-corrected chi connectivity index (χ2v) is 4.55. The van der Waals surface area contributed by atoms with E-state index >= 15 is 0 Å². The summed E-state index contributed by atoms with van der Waals surface area (Å²) >= 11 is 0. The van der Waals surface area contributed by atoms with E-state index < -0.39 is 23.8 Å². The van der Waals surface area contributed by atoms with Gasteiger partial charge < -0.3 is 10.0 Å². The molecule has 0 bridgehead atoms. The number of hydrogen-bond acceptors (Lipinski definition) is 4. The number of aromatic nitrogens is 3. The Labute approximate surface area is 109 Å². The highest BCUT2D eigenvalue weighted by Gasteiger charge is 2.26. The van der Waals surface area contributed by atoms with E-state index in [1.807, 2.05) is 0 Å². The third-order valence-corrected chi connectivity index (χ3v) is 3.23. The molecule has 2 rings (SSSR count). The smallest absolute Gasteiger partial charge is 0.358 e. The van der Waals surface area contributed by atoms with Crippen LogP contribution in [0.15, 0.2) is 0 Å². The van der Waals surface area contributed by atoms with Crippen molar-refractivity contribution in [1.82, 2.24) is 19.9 Å². The normalized spacial score (nSPS) is 16.4. The number of hydrogen-bond donors (Lipinski definition) is 1. The topological polar surface area (TPSA) is 71.2 Å². The van der Waals surface area contributed by atoms with Gasteiger partial charge in [0.05, 0.1) is 0 Å². The van der Waals surface area contributed by atoms with E-state index in [0.29, 0.717) is 6.42 Å². The quantitative estimate of drug-likeness (QED) is 0.849. The van der Waals surface area contributed by atoms with Crippen molar-refractivity contribution >= 4 is 5.97 Å². The maximum atomic E-state index is 12.8. The van der Waals surface area contributed by atoms with Gasteiger partial charge in [0.25, 0.3) is 6.43 Å². The Balaban J connectivity index is 1.97. The van der Waals surface area contributed by atoms with Crippen LogP contribution in [0.3, 0.4) is 0 Å². The zero-order valence-electron chi connectivity index (χ0n) is 10.4. The molecule has 0 atom stereocenters. The summed E-state index contributed by atoms with van der Waals surface area (Å²) in [7, 11) is 0. The molecule has 0 radical (unpaired) electrons. The molecule has 0 spiro atoms. The van der Waals surface area contributed by atoms with E-state index in [-0.39, 0.29) is 6.54 Å². The monoisotopic (exact) mass is 274 g/mol. The average Bonchev–Trinajstić information content (AvgIpc) is 2.97. The molecule has 6 nitrogen and oxygen atoms in total. The lowest BCUT2D eigenvalue weighted by Gasteiger charge is -2.14. The van der Waals surface area contributed by atoms with Crippen molar-refractivity contribution in [3.05, 3.63) is 11.4 Å². The minimum atomic E-state index is -2.88. The van der Waals surface area contributed by atoms with E-state index in [4.69, 9.17) is 5.11 Å². The number of aromatic carboxylic acids is 1. The van der Waals surface area contributed by atoms with Crippen LogP contribution in [-0.4, -0.2) is 50.6 Å². The predicted octanol–water partition coefficient (Wildman–Crippen LogP) is 1.40. The van der Waals surface area contributed by atoms with Crippen LogP contribution in [0.4, 0.5) is 8.78 Å². The fourth-order valence-electron chi connectivity index (χ4n) is 2.30. The molecular formula is C11H16F2N4O2. The second-order valence-electron chi connectivity index (χ2n) is 4.55. The summed E-state index contributed by atoms with van der Waals surface area (Å²) in [5, 5.41) is 15.6. The molecule has 0 unspecified atom stereocenters. The first kappa shape index (κ1) is 13.9. The molecule has 0 amide bonds. The van der Waals surface area contributed by atoms with Crippen molar-refractivity contribution < 1.29 is 18.7 Å². The number of likely N-dealkylation sites (tertiary alicyclic amines) is 1. The van der Waals surface area contributed by atoms with Crippen molar-refractivity contribution in [3.63, 3.8) is 0 Å². The van der Waals surface area contributed by atoms with Crippen LogP contribution in [0.5, 0.6) is 0 Å². The number of rotatable bonds is 6. The fraction of sp³-hybridized carbons (Fsp3) is 0.727. The van der Waals surface area contributed by atoms with Gasteiger partial charge in [-0.2, -0.15) is 0 Å². The van der Waals surface area contributed by atoms with Crippen molar-refractivity contribution in [2.45, 2.75) is 32.2 Å². The van der Waals surface area contributed by atoms with E-state index in [1.165, 1.54) is 12.8 Å². The molecule has 0 aliphatic carbocycles. The zero-order valence-corrected chi connectivity index (χ0v) is 10.4. The van der Waals surface area contributed by atoms with Gasteiger partial charge in [0.15, 0.2) is 5.69 Å². The Kier molecular flexibility index (Phi) is 4.41. The minimum absolute atomic E-state index is 0.260. The van der Waals surface area contributed by atoms with Gasteiger partial charge in [0.1, 0.15) is 5.69 Å². The van der Waals surface area contributed by atoms with Crippen molar-refractivity contribution in [1.29, 1.82) is 0 Å². The summed E-state index contributed by atoms with van der Waals surface area (Å²) in [6.07, 6.45) is 0.124. The minimum Gasteiger partial charge on any atom is -0.476 e. The first-order valence-electron chi connectivity index (χ1n) is 6.26. The van der Waals surface area contributed by atoms with Crippen molar-refractivity contribution in [2.24, 2.45) is 0 Å². The maximum Gasteiger partial charge on any atom is 0.358 e. The summed E-state index contributed by atoms with van der Waals surface area (Å²) in [4.78, 5) is 13.0. The number of carboxylic acid groups (broad SMARTS) is 1. The van der Waals surface area contributed by atoms with Gasteiger partial charge >= 0.3 is 5.97 Å². The van der Waals surface area contributed by atoms with E-state index in [0.717, 1.165) is 24.3 Å². The molecule has 19 heavy (non-hydrogen) atoms. The third-order valence-electron chi connectivity index (χ3n) is 3.23. The third kappa shape index (κ3) is 3.25. The highest BCUT2D eigenvalue weighted by Crippen LogP contribution is 2.21. The molecule has 0 aromatic carbocycles. The molecule has 1 aromatic heterocycles. The molecule has 1 fully saturated rings. The molecule has 106 valence electrons. The van der Waals surface area contributed by atoms with Crippen LogP contribution in [-0.2, 0) is 6.54 Å². The first-order chi connectivity index (χ1) is 9.09. The Hall–Kier alpha value is -1.57. The molecule has 8 heteroatoms. The molecular weight excluding hydrogens is 258 g/mol. The summed E-state index contributed by atoms with van der Waals surface area (Å²) < 4.78 is 26.7. The van der Waals surface area contributed by atoms with E-state index in [2.05, 4.69) is 15.2 Å². The first-order valence-corrected chi connectivity index (χ1v) is 6.26. The Morgan fingerprint density at radius 2 is 2.00 bits per heavy atom. The van der Waals surface area contributed by atoms with Gasteiger partial charge in [-0.1, -0.05) is 5.21 Å². The Morgan fingerprint density at radius 3 is 2.58 bits per heavy atom. The van der Waals surface area contributed by atoms with Crippen molar-refractivity contribution in [2.75, 3.05) is 19.6 Å². The average molecular weight is 274 g/mol. The van der Waals surface area contributed by atoms with Gasteiger partial charge in [-0.25, -0.2) is 18.3 Å². The number of carboxylic acids is 1. The molecule has 1 aromatic rings. The standard InChI is InChI=1S/C11H16F2N4O2/c12-10(13)9-8(11(18)19)14-15-17(9)7-3-6-16-4-1-2-5-16/h10H,1-7H2,(H,18,19). The summed E-state index contributed by atoms with van der Waals surface area (Å²) in [6, 6.07) is 0. The lowest BCUT2D eigenvalue weighted by atomic mass is 10.3. The molecule has 1 saturated heterocycles. The Morgan fingerprint density at radius 1 is 1.32 bits per heavy atom. The van der Waals surface area contributed by atoms with Gasteiger partial charge in [-0.05, 0) is 38.9 Å². The van der Waals surface area contributed by atoms with Gasteiger partial charge in [0.2, 0.25) is 0 Å². The van der Waals surface area contributed by atoms with E-state index in [9.17, 15) is 13.6 Å². The highest BCUT2D eigenvalue weighted by atomic mass is 19.3. The van der Waals surface area contributed by atoms with E-state index in [1.54, 1.807) is 0 Å². The van der Waals surface area contributed by atoms with Crippen molar-refractivity contribution in [3.8, 4) is 0 Å². The molecule has 2 heterocycles. The predicted molar refractivity (Wildman–Crippen MR) is 62.2 cm³/mol. The number of carbonyl (C=O) groups is 1. The number of nitrogens with zero attached hydrogens (tertiary/aromatic N) is 4. The summed E-state index contributed by atoms with van der Waals surface area (Å²) in [5.74, 6) is -1.47. The molecule has 0 saturated carbocycles. The lowest BCUT2D eigenvalue weighted by molar-refractivity contribution is 0.0675. The molecule has 1 N–H and O–H groups in total. The van der Waals surface area contributed by atoms with Crippen LogP contribution >= 0.6 is 0 Å². The SMILES string of the molecule is O=C(O)c1nnn(CCCN2CCCC2)c1C(F)F. The summed E-state index contributed by atoms with van der Waals surface area (Å²) in [6.45, 7) is 3.15. The maximum absolute atomic E-state index is 12.8. The number of halogens is 2. The zero-order chi connectivity index (χ0) is 13.8.